The van der Waals surface area contributed by atoms with Crippen LogP contribution in [0.2, 0.25) is 0 Å². The van der Waals surface area contributed by atoms with Gasteiger partial charge in [0, 0.05) is 0 Å². The van der Waals surface area contributed by atoms with Crippen LogP contribution in [0.15, 0.2) is 12.1 Å². The number of hydrogen-bond acceptors (Lipinski definition) is 2. The van der Waals surface area contributed by atoms with E-state index in [0.29, 0.717) is 11.1 Å². The Labute approximate surface area is 162 Å². The van der Waals surface area contributed by atoms with Gasteiger partial charge in [0.1, 0.15) is 0 Å². The quantitative estimate of drug-likeness (QED) is 0.511. The van der Waals surface area contributed by atoms with E-state index in [9.17, 15) is 17.6 Å². The lowest BCUT2D eigenvalue weighted by molar-refractivity contribution is 0.180. The summed E-state index contributed by atoms with van der Waals surface area (Å²) in [5.74, 6) is -3.06. The normalized spacial score (nSPS) is 20.1. The standard InChI is InChI=1S/2C11H12F2O/c2*1-6-5-8-4-3-7(2)14-11(8)10(13)9(6)12/h2*5,7H,3-4H2,1-2H3. The molecule has 2 aromatic carbocycles. The SMILES string of the molecule is Cc1cc2c(c(F)c1F)OC(C)CC2.Cc1cc2c(c(F)c1F)OC(C)CC2. The summed E-state index contributed by atoms with van der Waals surface area (Å²) in [6.07, 6.45) is 3.18. The zero-order chi connectivity index (χ0) is 20.6. The van der Waals surface area contributed by atoms with E-state index in [1.54, 1.807) is 26.0 Å². The third-order valence-electron chi connectivity index (χ3n) is 5.12. The van der Waals surface area contributed by atoms with E-state index < -0.39 is 23.3 Å². The molecule has 0 amide bonds. The topological polar surface area (TPSA) is 18.5 Å². The fourth-order valence-corrected chi connectivity index (χ4v) is 3.47. The Kier molecular flexibility index (Phi) is 5.87. The molecule has 0 aliphatic carbocycles. The average Bonchev–Trinajstić information content (AvgIpc) is 2.66. The molecule has 0 spiro atoms. The number of hydrogen-bond donors (Lipinski definition) is 0. The highest BCUT2D eigenvalue weighted by molar-refractivity contribution is 5.41. The van der Waals surface area contributed by atoms with Gasteiger partial charge in [-0.15, -0.1) is 0 Å². The molecular weight excluding hydrogens is 372 g/mol. The molecule has 4 rings (SSSR count). The minimum absolute atomic E-state index is 0.0286. The first-order valence-electron chi connectivity index (χ1n) is 9.47. The van der Waals surface area contributed by atoms with E-state index >= 15 is 0 Å². The molecule has 28 heavy (non-hydrogen) atoms. The van der Waals surface area contributed by atoms with Gasteiger partial charge in [-0.1, -0.05) is 0 Å². The summed E-state index contributed by atoms with van der Waals surface area (Å²) < 4.78 is 63.8. The number of fused-ring (bicyclic) bond motifs is 2. The number of benzene rings is 2. The summed E-state index contributed by atoms with van der Waals surface area (Å²) in [7, 11) is 0. The molecule has 2 atom stereocenters. The van der Waals surface area contributed by atoms with Crippen molar-refractivity contribution in [3.63, 3.8) is 0 Å². The van der Waals surface area contributed by atoms with Gasteiger partial charge in [0.05, 0.1) is 12.2 Å². The highest BCUT2D eigenvalue weighted by Gasteiger charge is 2.24. The number of aryl methyl sites for hydroxylation is 4. The molecular formula is C22H24F4O2. The fraction of sp³-hybridized carbons (Fsp3) is 0.455. The van der Waals surface area contributed by atoms with Crippen molar-refractivity contribution in [1.29, 1.82) is 0 Å². The van der Waals surface area contributed by atoms with Crippen LogP contribution in [-0.4, -0.2) is 12.2 Å². The Morgan fingerprint density at radius 3 is 1.39 bits per heavy atom. The molecule has 6 heteroatoms. The molecule has 0 N–H and O–H groups in total. The maximum absolute atomic E-state index is 13.4. The zero-order valence-electron chi connectivity index (χ0n) is 16.5. The molecule has 0 saturated heterocycles. The summed E-state index contributed by atoms with van der Waals surface area (Å²) in [4.78, 5) is 0. The lowest BCUT2D eigenvalue weighted by atomic mass is 10.0. The van der Waals surface area contributed by atoms with Crippen molar-refractivity contribution in [2.75, 3.05) is 0 Å². The molecule has 2 aliphatic heterocycles. The van der Waals surface area contributed by atoms with Crippen molar-refractivity contribution in [3.8, 4) is 11.5 Å². The Balaban J connectivity index is 0.000000161. The van der Waals surface area contributed by atoms with Crippen LogP contribution in [0, 0.1) is 37.1 Å². The first-order chi connectivity index (χ1) is 13.2. The van der Waals surface area contributed by atoms with Crippen molar-refractivity contribution in [2.45, 2.75) is 65.6 Å². The van der Waals surface area contributed by atoms with E-state index in [1.165, 1.54) is 0 Å². The molecule has 0 bridgehead atoms. The lowest BCUT2D eigenvalue weighted by Crippen LogP contribution is -2.20. The van der Waals surface area contributed by atoms with Gasteiger partial charge < -0.3 is 9.47 Å². The molecule has 2 nitrogen and oxygen atoms in total. The predicted octanol–water partition coefficient (Wildman–Crippen LogP) is 5.97. The zero-order valence-corrected chi connectivity index (χ0v) is 16.5. The average molecular weight is 396 g/mol. The molecule has 2 unspecified atom stereocenters. The Hall–Kier alpha value is -2.24. The Morgan fingerprint density at radius 2 is 1.04 bits per heavy atom. The summed E-state index contributed by atoms with van der Waals surface area (Å²) >= 11 is 0. The second-order valence-electron chi connectivity index (χ2n) is 7.55. The van der Waals surface area contributed by atoms with Crippen molar-refractivity contribution in [2.24, 2.45) is 0 Å². The molecule has 2 aliphatic rings. The Bertz CT molecular complexity index is 822. The highest BCUT2D eigenvalue weighted by atomic mass is 19.2. The summed E-state index contributed by atoms with van der Waals surface area (Å²) in [6, 6.07) is 3.33. The maximum Gasteiger partial charge on any atom is 0.201 e. The Morgan fingerprint density at radius 1 is 0.679 bits per heavy atom. The van der Waals surface area contributed by atoms with Gasteiger partial charge in [-0.25, -0.2) is 8.78 Å². The van der Waals surface area contributed by atoms with Crippen LogP contribution in [0.25, 0.3) is 0 Å². The van der Waals surface area contributed by atoms with Gasteiger partial charge in [0.2, 0.25) is 11.6 Å². The first-order valence-corrected chi connectivity index (χ1v) is 9.47. The van der Waals surface area contributed by atoms with Crippen LogP contribution in [0.1, 0.15) is 48.9 Å². The predicted molar refractivity (Wildman–Crippen MR) is 99.0 cm³/mol. The van der Waals surface area contributed by atoms with Gasteiger partial charge in [0.15, 0.2) is 23.1 Å². The summed E-state index contributed by atoms with van der Waals surface area (Å²) in [6.45, 7) is 6.85. The van der Waals surface area contributed by atoms with Crippen molar-refractivity contribution >= 4 is 0 Å². The molecule has 2 aromatic rings. The van der Waals surface area contributed by atoms with Crippen LogP contribution in [-0.2, 0) is 12.8 Å². The maximum atomic E-state index is 13.4. The van der Waals surface area contributed by atoms with Crippen LogP contribution < -0.4 is 9.47 Å². The van der Waals surface area contributed by atoms with E-state index in [0.717, 1.165) is 36.8 Å². The smallest absolute Gasteiger partial charge is 0.201 e. The third kappa shape index (κ3) is 3.96. The lowest BCUT2D eigenvalue weighted by Gasteiger charge is -2.24. The number of rotatable bonds is 0. The van der Waals surface area contributed by atoms with Gasteiger partial charge in [-0.05, 0) is 87.8 Å². The summed E-state index contributed by atoms with van der Waals surface area (Å²) in [5.41, 5.74) is 2.25. The van der Waals surface area contributed by atoms with Crippen LogP contribution in [0.3, 0.4) is 0 Å². The number of ether oxygens (including phenoxy) is 2. The fourth-order valence-electron chi connectivity index (χ4n) is 3.47. The molecule has 0 aromatic heterocycles. The highest BCUT2D eigenvalue weighted by Crippen LogP contribution is 2.34. The third-order valence-corrected chi connectivity index (χ3v) is 5.12. The summed E-state index contributed by atoms with van der Waals surface area (Å²) in [5, 5.41) is 0. The molecule has 152 valence electrons. The number of halogens is 4. The van der Waals surface area contributed by atoms with Crippen LogP contribution in [0.4, 0.5) is 17.6 Å². The van der Waals surface area contributed by atoms with Crippen molar-refractivity contribution in [1.82, 2.24) is 0 Å². The van der Waals surface area contributed by atoms with Crippen LogP contribution in [0.5, 0.6) is 11.5 Å². The first kappa shape index (κ1) is 20.5. The minimum atomic E-state index is -0.841. The van der Waals surface area contributed by atoms with Crippen molar-refractivity contribution in [3.05, 3.63) is 57.7 Å². The van der Waals surface area contributed by atoms with Gasteiger partial charge >= 0.3 is 0 Å². The second-order valence-corrected chi connectivity index (χ2v) is 7.55. The molecule has 2 heterocycles. The van der Waals surface area contributed by atoms with Gasteiger partial charge in [-0.2, -0.15) is 8.78 Å². The second kappa shape index (κ2) is 8.02. The van der Waals surface area contributed by atoms with E-state index in [4.69, 9.17) is 9.47 Å². The van der Waals surface area contributed by atoms with E-state index in [2.05, 4.69) is 0 Å². The molecule has 0 saturated carbocycles. The monoisotopic (exact) mass is 396 g/mol. The van der Waals surface area contributed by atoms with Crippen LogP contribution >= 0.6 is 0 Å². The molecule has 0 radical (unpaired) electrons. The van der Waals surface area contributed by atoms with Gasteiger partial charge in [-0.3, -0.25) is 0 Å². The van der Waals surface area contributed by atoms with Crippen molar-refractivity contribution < 1.29 is 27.0 Å². The van der Waals surface area contributed by atoms with E-state index in [1.807, 2.05) is 13.8 Å². The van der Waals surface area contributed by atoms with E-state index in [-0.39, 0.29) is 23.7 Å². The van der Waals surface area contributed by atoms with Gasteiger partial charge in [0.25, 0.3) is 0 Å². The molecule has 0 fully saturated rings. The minimum Gasteiger partial charge on any atom is -0.487 e. The largest absolute Gasteiger partial charge is 0.487 e.